The topological polar surface area (TPSA) is 95.1 Å². The molecule has 32 heavy (non-hydrogen) atoms. The molecule has 1 amide bonds. The number of nitrogen functional groups attached to an aromatic ring is 1. The maximum Gasteiger partial charge on any atom is 0.235 e. The van der Waals surface area contributed by atoms with Gasteiger partial charge in [0.25, 0.3) is 0 Å². The number of nitrogens with zero attached hydrogens (tertiary/aromatic N) is 3. The van der Waals surface area contributed by atoms with Crippen molar-refractivity contribution in [2.75, 3.05) is 18.2 Å². The lowest BCUT2D eigenvalue weighted by atomic mass is 9.94. The number of aryl methyl sites for hydroxylation is 2. The van der Waals surface area contributed by atoms with E-state index in [9.17, 15) is 4.79 Å². The molecule has 4 aromatic rings. The highest BCUT2D eigenvalue weighted by Gasteiger charge is 2.51. The minimum absolute atomic E-state index is 0.0113. The van der Waals surface area contributed by atoms with Crippen LogP contribution in [-0.4, -0.2) is 27.8 Å². The number of hydrogen-bond acceptors (Lipinski definition) is 5. The molecule has 1 saturated carbocycles. The molecular formula is C25H25N5O2. The second kappa shape index (κ2) is 7.37. The smallest absolute Gasteiger partial charge is 0.235 e. The average molecular weight is 428 g/mol. The molecule has 2 aromatic heterocycles. The predicted octanol–water partition coefficient (Wildman–Crippen LogP) is 4.20. The van der Waals surface area contributed by atoms with E-state index in [1.54, 1.807) is 11.8 Å². The molecule has 0 unspecified atom stereocenters. The third-order valence-electron chi connectivity index (χ3n) is 6.21. The molecule has 0 aliphatic heterocycles. The normalized spacial score (nSPS) is 14.3. The number of fused-ring (bicyclic) bond motifs is 1. The van der Waals surface area contributed by atoms with Crippen molar-refractivity contribution < 1.29 is 9.53 Å². The third-order valence-corrected chi connectivity index (χ3v) is 6.21. The zero-order valence-corrected chi connectivity index (χ0v) is 18.3. The number of benzene rings is 2. The van der Waals surface area contributed by atoms with E-state index in [0.717, 1.165) is 57.7 Å². The highest BCUT2D eigenvalue weighted by Crippen LogP contribution is 2.49. The van der Waals surface area contributed by atoms with Gasteiger partial charge in [0.05, 0.1) is 17.9 Å². The van der Waals surface area contributed by atoms with E-state index in [-0.39, 0.29) is 5.91 Å². The van der Waals surface area contributed by atoms with Gasteiger partial charge >= 0.3 is 0 Å². The van der Waals surface area contributed by atoms with Crippen molar-refractivity contribution in [2.45, 2.75) is 25.2 Å². The monoisotopic (exact) mass is 427 g/mol. The van der Waals surface area contributed by atoms with Crippen LogP contribution in [0.2, 0.25) is 0 Å². The SMILES string of the molecule is COc1cccc(C2(C(=O)Nc3ccc(-c4cc(C)nc5c4c(N)nn5C)cc3)CC2)c1. The fourth-order valence-corrected chi connectivity index (χ4v) is 4.31. The largest absolute Gasteiger partial charge is 0.497 e. The number of nitrogens with one attached hydrogen (secondary N) is 1. The van der Waals surface area contributed by atoms with Crippen LogP contribution in [0.4, 0.5) is 11.5 Å². The first-order valence-corrected chi connectivity index (χ1v) is 10.6. The fourth-order valence-electron chi connectivity index (χ4n) is 4.31. The summed E-state index contributed by atoms with van der Waals surface area (Å²) in [5, 5.41) is 8.24. The van der Waals surface area contributed by atoms with Crippen molar-refractivity contribution in [2.24, 2.45) is 7.05 Å². The van der Waals surface area contributed by atoms with Crippen molar-refractivity contribution in [3.63, 3.8) is 0 Å². The molecule has 0 atom stereocenters. The number of hydrogen-bond donors (Lipinski definition) is 2. The maximum absolute atomic E-state index is 13.1. The summed E-state index contributed by atoms with van der Waals surface area (Å²) in [6.45, 7) is 1.95. The number of carbonyl (C=O) groups excluding carboxylic acids is 1. The Morgan fingerprint density at radius 3 is 2.59 bits per heavy atom. The molecule has 3 N–H and O–H groups in total. The fraction of sp³-hybridized carbons (Fsp3) is 0.240. The number of nitrogens with two attached hydrogens (primary N) is 1. The zero-order valence-electron chi connectivity index (χ0n) is 18.3. The Bertz CT molecular complexity index is 1340. The van der Waals surface area contributed by atoms with Gasteiger partial charge < -0.3 is 15.8 Å². The Morgan fingerprint density at radius 1 is 1.16 bits per heavy atom. The Kier molecular flexibility index (Phi) is 4.62. The van der Waals surface area contributed by atoms with Crippen molar-refractivity contribution in [1.82, 2.24) is 14.8 Å². The molecule has 2 heterocycles. The lowest BCUT2D eigenvalue weighted by Crippen LogP contribution is -2.27. The van der Waals surface area contributed by atoms with Gasteiger partial charge in [-0.1, -0.05) is 24.3 Å². The second-order valence-electron chi connectivity index (χ2n) is 8.36. The highest BCUT2D eigenvalue weighted by molar-refractivity contribution is 6.02. The molecule has 1 fully saturated rings. The summed E-state index contributed by atoms with van der Waals surface area (Å²) < 4.78 is 7.03. The van der Waals surface area contributed by atoms with Crippen LogP contribution < -0.4 is 15.8 Å². The van der Waals surface area contributed by atoms with Crippen LogP contribution in [0.25, 0.3) is 22.2 Å². The van der Waals surface area contributed by atoms with E-state index in [4.69, 9.17) is 10.5 Å². The Balaban J connectivity index is 1.42. The summed E-state index contributed by atoms with van der Waals surface area (Å²) in [5.74, 6) is 1.23. The molecule has 1 aliphatic rings. The van der Waals surface area contributed by atoms with E-state index in [1.807, 2.05) is 68.6 Å². The molecule has 2 aromatic carbocycles. The molecule has 1 aliphatic carbocycles. The summed E-state index contributed by atoms with van der Waals surface area (Å²) in [6, 6.07) is 17.6. The summed E-state index contributed by atoms with van der Waals surface area (Å²) in [4.78, 5) is 17.7. The molecule has 0 bridgehead atoms. The Labute approximate surface area is 186 Å². The van der Waals surface area contributed by atoms with Gasteiger partial charge in [0.2, 0.25) is 5.91 Å². The van der Waals surface area contributed by atoms with Crippen molar-refractivity contribution in [1.29, 1.82) is 0 Å². The van der Waals surface area contributed by atoms with E-state index in [2.05, 4.69) is 15.4 Å². The highest BCUT2D eigenvalue weighted by atomic mass is 16.5. The second-order valence-corrected chi connectivity index (χ2v) is 8.36. The average Bonchev–Trinajstić information content (AvgIpc) is 3.56. The van der Waals surface area contributed by atoms with E-state index < -0.39 is 5.41 Å². The van der Waals surface area contributed by atoms with Gasteiger partial charge in [-0.3, -0.25) is 4.79 Å². The van der Waals surface area contributed by atoms with Gasteiger partial charge in [0, 0.05) is 18.4 Å². The van der Waals surface area contributed by atoms with Crippen LogP contribution in [0.1, 0.15) is 24.1 Å². The quantitative estimate of drug-likeness (QED) is 0.498. The van der Waals surface area contributed by atoms with Gasteiger partial charge in [-0.2, -0.15) is 5.10 Å². The van der Waals surface area contributed by atoms with Gasteiger partial charge in [-0.25, -0.2) is 9.67 Å². The zero-order chi connectivity index (χ0) is 22.5. The van der Waals surface area contributed by atoms with Crippen molar-refractivity contribution in [3.05, 3.63) is 65.9 Å². The van der Waals surface area contributed by atoms with Crippen LogP contribution in [0.15, 0.2) is 54.6 Å². The third kappa shape index (κ3) is 3.26. The molecule has 0 saturated heterocycles. The predicted molar refractivity (Wildman–Crippen MR) is 126 cm³/mol. The maximum atomic E-state index is 13.1. The molecule has 5 rings (SSSR count). The number of aromatic nitrogens is 3. The van der Waals surface area contributed by atoms with Crippen LogP contribution in [-0.2, 0) is 17.3 Å². The molecule has 7 nitrogen and oxygen atoms in total. The van der Waals surface area contributed by atoms with Gasteiger partial charge in [0.1, 0.15) is 5.75 Å². The van der Waals surface area contributed by atoms with E-state index >= 15 is 0 Å². The molecule has 0 radical (unpaired) electrons. The Morgan fingerprint density at radius 2 is 1.91 bits per heavy atom. The Hall–Kier alpha value is -3.87. The molecule has 7 heteroatoms. The summed E-state index contributed by atoms with van der Waals surface area (Å²) in [5.41, 5.74) is 11.0. The molecule has 162 valence electrons. The van der Waals surface area contributed by atoms with Gasteiger partial charge in [0.15, 0.2) is 11.5 Å². The summed E-state index contributed by atoms with van der Waals surface area (Å²) >= 11 is 0. The van der Waals surface area contributed by atoms with Gasteiger partial charge in [-0.15, -0.1) is 0 Å². The van der Waals surface area contributed by atoms with Crippen molar-refractivity contribution >= 4 is 28.4 Å². The first kappa shape index (κ1) is 20.1. The number of anilines is 2. The first-order chi connectivity index (χ1) is 15.4. The van der Waals surface area contributed by atoms with Crippen molar-refractivity contribution in [3.8, 4) is 16.9 Å². The first-order valence-electron chi connectivity index (χ1n) is 10.6. The number of rotatable bonds is 5. The minimum atomic E-state index is -0.480. The number of methoxy groups -OCH3 is 1. The summed E-state index contributed by atoms with van der Waals surface area (Å²) in [7, 11) is 3.47. The lowest BCUT2D eigenvalue weighted by Gasteiger charge is -2.17. The summed E-state index contributed by atoms with van der Waals surface area (Å²) in [6.07, 6.45) is 1.66. The minimum Gasteiger partial charge on any atom is -0.497 e. The van der Waals surface area contributed by atoms with Crippen LogP contribution in [0, 0.1) is 6.92 Å². The number of amides is 1. The number of ether oxygens (including phenoxy) is 1. The standard InChI is InChI=1S/C25H25N5O2/c1-15-13-20(21-22(26)29-30(2)23(21)27-15)16-7-9-18(10-8-16)28-24(31)25(11-12-25)17-5-4-6-19(14-17)32-3/h4-10,13-14H,11-12H2,1-3H3,(H2,26,29)(H,28,31). The molecule has 0 spiro atoms. The molecular weight excluding hydrogens is 402 g/mol. The number of pyridine rings is 1. The number of carbonyl (C=O) groups is 1. The lowest BCUT2D eigenvalue weighted by molar-refractivity contribution is -0.118. The van der Waals surface area contributed by atoms with Gasteiger partial charge in [-0.05, 0) is 66.8 Å². The van der Waals surface area contributed by atoms with E-state index in [1.165, 1.54) is 0 Å². The van der Waals surface area contributed by atoms with Crippen LogP contribution >= 0.6 is 0 Å². The van der Waals surface area contributed by atoms with E-state index in [0.29, 0.717) is 5.82 Å². The van der Waals surface area contributed by atoms with Crippen LogP contribution in [0.5, 0.6) is 5.75 Å². The van der Waals surface area contributed by atoms with Crippen LogP contribution in [0.3, 0.4) is 0 Å².